The van der Waals surface area contributed by atoms with Crippen LogP contribution in [0.5, 0.6) is 5.75 Å². The third-order valence-corrected chi connectivity index (χ3v) is 3.94. The van der Waals surface area contributed by atoms with E-state index in [9.17, 15) is 4.79 Å². The highest BCUT2D eigenvalue weighted by molar-refractivity contribution is 5.91. The number of rotatable bonds is 8. The smallest absolute Gasteiger partial charge is 0.271 e. The Hall–Kier alpha value is -3.48. The van der Waals surface area contributed by atoms with Crippen LogP contribution in [-0.4, -0.2) is 34.5 Å². The van der Waals surface area contributed by atoms with Crippen LogP contribution in [0.1, 0.15) is 21.6 Å². The van der Waals surface area contributed by atoms with Gasteiger partial charge in [0.25, 0.3) is 5.91 Å². The summed E-state index contributed by atoms with van der Waals surface area (Å²) < 4.78 is 5.22. The number of anilines is 1. The molecule has 0 bridgehead atoms. The fraction of sp³-hybridized carbons (Fsp3) is 0.200. The average Bonchev–Trinajstić information content (AvgIpc) is 2.73. The van der Waals surface area contributed by atoms with Gasteiger partial charge in [0.1, 0.15) is 17.3 Å². The summed E-state index contributed by atoms with van der Waals surface area (Å²) >= 11 is 0. The largest absolute Gasteiger partial charge is 0.497 e. The predicted molar refractivity (Wildman–Crippen MR) is 103 cm³/mol. The van der Waals surface area contributed by atoms with Crippen molar-refractivity contribution in [3.8, 4) is 5.75 Å². The van der Waals surface area contributed by atoms with Gasteiger partial charge in [0.2, 0.25) is 0 Å². The Morgan fingerprint density at radius 2 is 1.93 bits per heavy atom. The minimum absolute atomic E-state index is 0.262. The van der Waals surface area contributed by atoms with E-state index < -0.39 is 0 Å². The van der Waals surface area contributed by atoms with Crippen molar-refractivity contribution in [2.24, 2.45) is 0 Å². The van der Waals surface area contributed by atoms with E-state index in [4.69, 9.17) is 4.74 Å². The molecule has 138 valence electrons. The molecule has 2 heterocycles. The first-order valence-corrected chi connectivity index (χ1v) is 8.60. The van der Waals surface area contributed by atoms with Crippen LogP contribution in [0.3, 0.4) is 0 Å². The number of benzene rings is 1. The van der Waals surface area contributed by atoms with Gasteiger partial charge in [0, 0.05) is 25.5 Å². The van der Waals surface area contributed by atoms with Crippen LogP contribution in [0.4, 0.5) is 5.82 Å². The maximum Gasteiger partial charge on any atom is 0.271 e. The molecule has 2 aromatic heterocycles. The molecule has 0 saturated heterocycles. The van der Waals surface area contributed by atoms with E-state index in [1.54, 1.807) is 25.7 Å². The minimum Gasteiger partial charge on any atom is -0.497 e. The molecule has 2 N–H and O–H groups in total. The molecule has 1 aromatic carbocycles. The summed E-state index contributed by atoms with van der Waals surface area (Å²) in [7, 11) is 1.65. The van der Waals surface area contributed by atoms with Crippen LogP contribution in [0, 0.1) is 0 Å². The van der Waals surface area contributed by atoms with Crippen molar-refractivity contribution in [2.75, 3.05) is 19.0 Å². The maximum atomic E-state index is 12.1. The summed E-state index contributed by atoms with van der Waals surface area (Å²) in [5.41, 5.74) is 2.42. The average molecular weight is 363 g/mol. The van der Waals surface area contributed by atoms with Crippen molar-refractivity contribution in [1.29, 1.82) is 0 Å². The van der Waals surface area contributed by atoms with Crippen molar-refractivity contribution in [3.63, 3.8) is 0 Å². The van der Waals surface area contributed by atoms with Crippen LogP contribution in [0.2, 0.25) is 0 Å². The molecule has 7 heteroatoms. The second-order valence-electron chi connectivity index (χ2n) is 5.85. The Labute approximate surface area is 157 Å². The monoisotopic (exact) mass is 363 g/mol. The number of methoxy groups -OCH3 is 1. The normalized spacial score (nSPS) is 10.3. The number of nitrogens with one attached hydrogen (secondary N) is 2. The Morgan fingerprint density at radius 3 is 2.67 bits per heavy atom. The van der Waals surface area contributed by atoms with Crippen LogP contribution >= 0.6 is 0 Å². The SMILES string of the molecule is COc1cccc(CCNc2cnc(C(=O)NCc3ccncc3)cn2)c1. The molecule has 0 aliphatic rings. The molecule has 3 aromatic rings. The van der Waals surface area contributed by atoms with Gasteiger partial charge in [-0.05, 0) is 41.8 Å². The second-order valence-corrected chi connectivity index (χ2v) is 5.85. The fourth-order valence-corrected chi connectivity index (χ4v) is 2.47. The molecule has 3 rings (SSSR count). The molecule has 0 spiro atoms. The number of carbonyl (C=O) groups excluding carboxylic acids is 1. The summed E-state index contributed by atoms with van der Waals surface area (Å²) in [4.78, 5) is 24.5. The first-order chi connectivity index (χ1) is 13.2. The van der Waals surface area contributed by atoms with E-state index in [2.05, 4.69) is 25.6 Å². The zero-order valence-corrected chi connectivity index (χ0v) is 15.1. The zero-order valence-electron chi connectivity index (χ0n) is 15.1. The third-order valence-electron chi connectivity index (χ3n) is 3.94. The van der Waals surface area contributed by atoms with Gasteiger partial charge in [0.15, 0.2) is 0 Å². The van der Waals surface area contributed by atoms with E-state index in [1.807, 2.05) is 36.4 Å². The quantitative estimate of drug-likeness (QED) is 0.639. The molecule has 0 unspecified atom stereocenters. The predicted octanol–water partition coefficient (Wildman–Crippen LogP) is 2.46. The number of nitrogens with zero attached hydrogens (tertiary/aromatic N) is 3. The molecule has 0 atom stereocenters. The second kappa shape index (κ2) is 9.28. The van der Waals surface area contributed by atoms with Crippen molar-refractivity contribution >= 4 is 11.7 Å². The summed E-state index contributed by atoms with van der Waals surface area (Å²) in [5.74, 6) is 1.21. The van der Waals surface area contributed by atoms with E-state index in [0.29, 0.717) is 18.9 Å². The molecular formula is C20H21N5O2. The topological polar surface area (TPSA) is 89.0 Å². The Kier molecular flexibility index (Phi) is 6.30. The van der Waals surface area contributed by atoms with Gasteiger partial charge in [-0.25, -0.2) is 9.97 Å². The number of ether oxygens (including phenoxy) is 1. The molecule has 0 saturated carbocycles. The fourth-order valence-electron chi connectivity index (χ4n) is 2.47. The Bertz CT molecular complexity index is 869. The van der Waals surface area contributed by atoms with E-state index in [0.717, 1.165) is 17.7 Å². The molecule has 0 fully saturated rings. The molecule has 0 aliphatic carbocycles. The lowest BCUT2D eigenvalue weighted by atomic mass is 10.1. The van der Waals surface area contributed by atoms with Gasteiger partial charge in [-0.1, -0.05) is 12.1 Å². The van der Waals surface area contributed by atoms with E-state index in [1.165, 1.54) is 11.8 Å². The summed E-state index contributed by atoms with van der Waals surface area (Å²) in [6.07, 6.45) is 7.23. The van der Waals surface area contributed by atoms with Crippen LogP contribution in [-0.2, 0) is 13.0 Å². The van der Waals surface area contributed by atoms with Crippen LogP contribution in [0.25, 0.3) is 0 Å². The number of carbonyl (C=O) groups is 1. The highest BCUT2D eigenvalue weighted by atomic mass is 16.5. The molecule has 1 amide bonds. The first-order valence-electron chi connectivity index (χ1n) is 8.60. The number of amides is 1. The van der Waals surface area contributed by atoms with Gasteiger partial charge in [0.05, 0.1) is 19.5 Å². The van der Waals surface area contributed by atoms with E-state index in [-0.39, 0.29) is 11.6 Å². The lowest BCUT2D eigenvalue weighted by Crippen LogP contribution is -2.24. The molecular weight excluding hydrogens is 342 g/mol. The van der Waals surface area contributed by atoms with E-state index >= 15 is 0 Å². The number of pyridine rings is 1. The molecule has 7 nitrogen and oxygen atoms in total. The van der Waals surface area contributed by atoms with Gasteiger partial charge in [-0.15, -0.1) is 0 Å². The first kappa shape index (κ1) is 18.3. The standard InChI is InChI=1S/C20H21N5O2/c1-27-17-4-2-3-15(11-17)7-10-22-19-14-23-18(13-24-19)20(26)25-12-16-5-8-21-9-6-16/h2-6,8-9,11,13-14H,7,10,12H2,1H3,(H,22,24)(H,25,26). The lowest BCUT2D eigenvalue weighted by Gasteiger charge is -2.08. The maximum absolute atomic E-state index is 12.1. The minimum atomic E-state index is -0.262. The summed E-state index contributed by atoms with van der Waals surface area (Å²) in [6, 6.07) is 11.6. The van der Waals surface area contributed by atoms with Gasteiger partial charge in [-0.2, -0.15) is 0 Å². The van der Waals surface area contributed by atoms with Gasteiger partial charge in [-0.3, -0.25) is 9.78 Å². The van der Waals surface area contributed by atoms with Crippen LogP contribution in [0.15, 0.2) is 61.2 Å². The number of hydrogen-bond acceptors (Lipinski definition) is 6. The van der Waals surface area contributed by atoms with Crippen LogP contribution < -0.4 is 15.4 Å². The third kappa shape index (κ3) is 5.50. The summed E-state index contributed by atoms with van der Waals surface area (Å²) in [6.45, 7) is 1.12. The van der Waals surface area contributed by atoms with Crippen molar-refractivity contribution in [2.45, 2.75) is 13.0 Å². The highest BCUT2D eigenvalue weighted by Gasteiger charge is 2.07. The lowest BCUT2D eigenvalue weighted by molar-refractivity contribution is 0.0945. The van der Waals surface area contributed by atoms with Gasteiger partial charge >= 0.3 is 0 Å². The molecule has 0 radical (unpaired) electrons. The van der Waals surface area contributed by atoms with Crippen molar-refractivity contribution in [3.05, 3.63) is 78.0 Å². The van der Waals surface area contributed by atoms with Gasteiger partial charge < -0.3 is 15.4 Å². The van der Waals surface area contributed by atoms with Crippen molar-refractivity contribution < 1.29 is 9.53 Å². The molecule has 0 aliphatic heterocycles. The zero-order chi connectivity index (χ0) is 18.9. The summed E-state index contributed by atoms with van der Waals surface area (Å²) in [5, 5.41) is 6.01. The Morgan fingerprint density at radius 1 is 1.07 bits per heavy atom. The Balaban J connectivity index is 1.47. The highest BCUT2D eigenvalue weighted by Crippen LogP contribution is 2.13. The number of aromatic nitrogens is 3. The number of hydrogen-bond donors (Lipinski definition) is 2. The van der Waals surface area contributed by atoms with Crippen molar-refractivity contribution in [1.82, 2.24) is 20.3 Å². The molecule has 27 heavy (non-hydrogen) atoms.